The predicted molar refractivity (Wildman–Crippen MR) is 82.8 cm³/mol. The summed E-state index contributed by atoms with van der Waals surface area (Å²) < 4.78 is 0. The molecule has 0 aliphatic rings. The van der Waals surface area contributed by atoms with Crippen molar-refractivity contribution in [1.29, 1.82) is 0 Å². The molecule has 0 spiro atoms. The van der Waals surface area contributed by atoms with Crippen LogP contribution in [-0.2, 0) is 0 Å². The molecule has 2 nitrogen and oxygen atoms in total. The summed E-state index contributed by atoms with van der Waals surface area (Å²) >= 11 is 1.75. The van der Waals surface area contributed by atoms with Gasteiger partial charge in [0.05, 0.1) is 11.0 Å². The third kappa shape index (κ3) is 2.15. The fraction of sp³-hybridized carbons (Fsp3) is 0.188. The third-order valence-electron chi connectivity index (χ3n) is 3.46. The average Bonchev–Trinajstić information content (AvgIpc) is 2.82. The first-order chi connectivity index (χ1) is 9.19. The van der Waals surface area contributed by atoms with Crippen LogP contribution in [0.3, 0.4) is 0 Å². The lowest BCUT2D eigenvalue weighted by molar-refractivity contribution is 1.29. The molecule has 0 saturated carbocycles. The number of hydrogen-bond acceptors (Lipinski definition) is 2. The number of nitrogens with zero attached hydrogens (tertiary/aromatic N) is 1. The Kier molecular flexibility index (Phi) is 3.07. The molecule has 0 aliphatic heterocycles. The quantitative estimate of drug-likeness (QED) is 0.690. The zero-order valence-electron chi connectivity index (χ0n) is 11.3. The molecule has 1 aromatic heterocycles. The Morgan fingerprint density at radius 2 is 1.79 bits per heavy atom. The number of H-pyrrole nitrogens is 1. The highest BCUT2D eigenvalue weighted by atomic mass is 32.2. The van der Waals surface area contributed by atoms with Crippen LogP contribution in [-0.4, -0.2) is 16.2 Å². The van der Waals surface area contributed by atoms with Gasteiger partial charge in [-0.2, -0.15) is 0 Å². The van der Waals surface area contributed by atoms with Gasteiger partial charge in [0.15, 0.2) is 0 Å². The molecular weight excluding hydrogens is 252 g/mol. The number of rotatable bonds is 2. The number of aromatic nitrogens is 2. The van der Waals surface area contributed by atoms with E-state index in [1.54, 1.807) is 11.8 Å². The molecule has 3 aromatic rings. The van der Waals surface area contributed by atoms with E-state index in [-0.39, 0.29) is 0 Å². The van der Waals surface area contributed by atoms with Gasteiger partial charge >= 0.3 is 0 Å². The van der Waals surface area contributed by atoms with Gasteiger partial charge in [-0.15, -0.1) is 11.8 Å². The Hall–Kier alpha value is -1.74. The zero-order valence-corrected chi connectivity index (χ0v) is 12.1. The Morgan fingerprint density at radius 1 is 1.05 bits per heavy atom. The first-order valence-corrected chi connectivity index (χ1v) is 7.52. The summed E-state index contributed by atoms with van der Waals surface area (Å²) in [7, 11) is 0. The van der Waals surface area contributed by atoms with Gasteiger partial charge in [-0.25, -0.2) is 4.98 Å². The largest absolute Gasteiger partial charge is 0.338 e. The van der Waals surface area contributed by atoms with Crippen LogP contribution in [0.4, 0.5) is 0 Å². The van der Waals surface area contributed by atoms with Crippen molar-refractivity contribution in [3.8, 4) is 11.4 Å². The first-order valence-electron chi connectivity index (χ1n) is 6.29. The van der Waals surface area contributed by atoms with Crippen LogP contribution in [0.25, 0.3) is 22.4 Å². The second-order valence-electron chi connectivity index (χ2n) is 4.74. The van der Waals surface area contributed by atoms with Crippen molar-refractivity contribution >= 4 is 22.8 Å². The summed E-state index contributed by atoms with van der Waals surface area (Å²) in [6.45, 7) is 4.25. The topological polar surface area (TPSA) is 28.7 Å². The number of benzene rings is 2. The Labute approximate surface area is 117 Å². The molecule has 0 bridgehead atoms. The van der Waals surface area contributed by atoms with E-state index < -0.39 is 0 Å². The van der Waals surface area contributed by atoms with Gasteiger partial charge in [-0.05, 0) is 49.4 Å². The highest BCUT2D eigenvalue weighted by Crippen LogP contribution is 2.30. The van der Waals surface area contributed by atoms with Crippen molar-refractivity contribution in [3.05, 3.63) is 47.5 Å². The lowest BCUT2D eigenvalue weighted by Crippen LogP contribution is -1.83. The summed E-state index contributed by atoms with van der Waals surface area (Å²) in [5.41, 5.74) is 5.88. The molecule has 0 saturated heterocycles. The highest BCUT2D eigenvalue weighted by Gasteiger charge is 2.09. The molecule has 3 heteroatoms. The monoisotopic (exact) mass is 268 g/mol. The van der Waals surface area contributed by atoms with Gasteiger partial charge < -0.3 is 4.98 Å². The maximum Gasteiger partial charge on any atom is 0.139 e. The molecule has 0 amide bonds. The van der Waals surface area contributed by atoms with Crippen molar-refractivity contribution in [3.63, 3.8) is 0 Å². The van der Waals surface area contributed by atoms with Crippen molar-refractivity contribution in [2.45, 2.75) is 18.7 Å². The van der Waals surface area contributed by atoms with E-state index in [0.717, 1.165) is 16.9 Å². The van der Waals surface area contributed by atoms with Crippen molar-refractivity contribution in [2.75, 3.05) is 6.26 Å². The van der Waals surface area contributed by atoms with Gasteiger partial charge in [0.2, 0.25) is 0 Å². The molecule has 2 aromatic carbocycles. The summed E-state index contributed by atoms with van der Waals surface area (Å²) in [5.74, 6) is 0.949. The minimum absolute atomic E-state index is 0.949. The van der Waals surface area contributed by atoms with E-state index in [1.807, 2.05) is 0 Å². The number of aryl methyl sites for hydroxylation is 2. The van der Waals surface area contributed by atoms with E-state index in [1.165, 1.54) is 21.6 Å². The van der Waals surface area contributed by atoms with Gasteiger partial charge in [0.25, 0.3) is 0 Å². The van der Waals surface area contributed by atoms with Crippen LogP contribution in [0.15, 0.2) is 41.3 Å². The van der Waals surface area contributed by atoms with E-state index in [9.17, 15) is 0 Å². The third-order valence-corrected chi connectivity index (χ3v) is 4.26. The van der Waals surface area contributed by atoms with Crippen LogP contribution in [0, 0.1) is 13.8 Å². The molecule has 0 atom stereocenters. The van der Waals surface area contributed by atoms with Crippen LogP contribution >= 0.6 is 11.8 Å². The molecule has 96 valence electrons. The lowest BCUT2D eigenvalue weighted by atomic mass is 10.1. The molecule has 0 unspecified atom stereocenters. The first kappa shape index (κ1) is 12.3. The number of hydrogen-bond donors (Lipinski definition) is 1. The fourth-order valence-corrected chi connectivity index (χ4v) is 2.84. The van der Waals surface area contributed by atoms with Gasteiger partial charge in [0.1, 0.15) is 5.82 Å². The van der Waals surface area contributed by atoms with E-state index in [2.05, 4.69) is 61.5 Å². The number of aromatic amines is 1. The van der Waals surface area contributed by atoms with Gasteiger partial charge in [-0.3, -0.25) is 0 Å². The van der Waals surface area contributed by atoms with E-state index in [0.29, 0.717) is 0 Å². The maximum atomic E-state index is 4.72. The molecule has 19 heavy (non-hydrogen) atoms. The maximum absolute atomic E-state index is 4.72. The lowest BCUT2D eigenvalue weighted by Gasteiger charge is -2.02. The molecule has 0 fully saturated rings. The van der Waals surface area contributed by atoms with Crippen LogP contribution in [0.1, 0.15) is 11.1 Å². The zero-order chi connectivity index (χ0) is 13.4. The second-order valence-corrected chi connectivity index (χ2v) is 5.59. The van der Waals surface area contributed by atoms with E-state index in [4.69, 9.17) is 4.98 Å². The Morgan fingerprint density at radius 3 is 2.58 bits per heavy atom. The normalized spacial score (nSPS) is 11.1. The van der Waals surface area contributed by atoms with Gasteiger partial charge in [0, 0.05) is 10.5 Å². The van der Waals surface area contributed by atoms with Crippen molar-refractivity contribution in [2.24, 2.45) is 0 Å². The van der Waals surface area contributed by atoms with Crippen LogP contribution < -0.4 is 0 Å². The Balaban J connectivity index is 2.20. The predicted octanol–water partition coefficient (Wildman–Crippen LogP) is 4.57. The minimum Gasteiger partial charge on any atom is -0.338 e. The number of thioether (sulfide) groups is 1. The minimum atomic E-state index is 0.949. The van der Waals surface area contributed by atoms with Crippen LogP contribution in [0.5, 0.6) is 0 Å². The number of fused-ring (bicyclic) bond motifs is 1. The molecular formula is C16H16N2S. The molecule has 0 aliphatic carbocycles. The van der Waals surface area contributed by atoms with Gasteiger partial charge in [-0.1, -0.05) is 18.2 Å². The summed E-state index contributed by atoms with van der Waals surface area (Å²) in [6.07, 6.45) is 2.09. The number of imidazole rings is 1. The smallest absolute Gasteiger partial charge is 0.139 e. The van der Waals surface area contributed by atoms with E-state index >= 15 is 0 Å². The summed E-state index contributed by atoms with van der Waals surface area (Å²) in [4.78, 5) is 9.40. The average molecular weight is 268 g/mol. The summed E-state index contributed by atoms with van der Waals surface area (Å²) in [6, 6.07) is 12.7. The molecule has 1 heterocycles. The SMILES string of the molecule is CSc1ccccc1-c1nc2cc(C)c(C)cc2[nH]1. The number of nitrogens with one attached hydrogen (secondary N) is 1. The Bertz CT molecular complexity index is 705. The fourth-order valence-electron chi connectivity index (χ4n) is 2.24. The van der Waals surface area contributed by atoms with Crippen molar-refractivity contribution in [1.82, 2.24) is 9.97 Å². The molecule has 0 radical (unpaired) electrons. The highest BCUT2D eigenvalue weighted by molar-refractivity contribution is 7.98. The van der Waals surface area contributed by atoms with Crippen LogP contribution in [0.2, 0.25) is 0 Å². The van der Waals surface area contributed by atoms with Crippen molar-refractivity contribution < 1.29 is 0 Å². The summed E-state index contributed by atoms with van der Waals surface area (Å²) in [5, 5.41) is 0. The molecule has 3 rings (SSSR count). The second kappa shape index (κ2) is 4.74. The molecule has 1 N–H and O–H groups in total. The standard InChI is InChI=1S/C16H16N2S/c1-10-8-13-14(9-11(10)2)18-16(17-13)12-6-4-5-7-15(12)19-3/h4-9H,1-3H3,(H,17,18).